The lowest BCUT2D eigenvalue weighted by atomic mass is 10.2. The van der Waals surface area contributed by atoms with Crippen LogP contribution in [0.1, 0.15) is 44.0 Å². The zero-order valence-electron chi connectivity index (χ0n) is 18.1. The summed E-state index contributed by atoms with van der Waals surface area (Å²) in [5.74, 6) is 0.179. The van der Waals surface area contributed by atoms with Crippen molar-refractivity contribution in [2.24, 2.45) is 0 Å². The second kappa shape index (κ2) is 7.79. The fourth-order valence-electron chi connectivity index (χ4n) is 4.75. The second-order valence-corrected chi connectivity index (χ2v) is 12.5. The minimum atomic E-state index is -3.85. The molecule has 2 N–H and O–H groups in total. The molecule has 0 radical (unpaired) electrons. The third-order valence-corrected chi connectivity index (χ3v) is 9.51. The molecule has 3 aromatic rings. The van der Waals surface area contributed by atoms with Crippen LogP contribution in [0.25, 0.3) is 16.3 Å². The van der Waals surface area contributed by atoms with Gasteiger partial charge in [0.15, 0.2) is 21.0 Å². The van der Waals surface area contributed by atoms with E-state index in [1.165, 1.54) is 6.20 Å². The molecule has 14 heteroatoms. The van der Waals surface area contributed by atoms with Crippen LogP contribution in [0.4, 0.5) is 14.5 Å². The first-order valence-corrected chi connectivity index (χ1v) is 13.7. The quantitative estimate of drug-likeness (QED) is 0.505. The highest BCUT2D eigenvalue weighted by atomic mass is 35.5. The molecule has 6 rings (SSSR count). The van der Waals surface area contributed by atoms with Crippen LogP contribution in [-0.2, 0) is 10.0 Å². The standard InChI is InChI=1S/C20H22ClF2N7O2S2/c1-20(4-5-20)28-34(31,32)12-6-13(29-7-10-2-3-11(8-29)24-10)14-15(21)25-17(30(14)9-12)19-27-26-18(33-19)16(22)23/h6,9-11,16,24,28H,2-5,7-8H2,1H3. The van der Waals surface area contributed by atoms with Gasteiger partial charge < -0.3 is 10.2 Å². The average Bonchev–Trinajstić information content (AvgIpc) is 3.12. The van der Waals surface area contributed by atoms with Gasteiger partial charge in [-0.25, -0.2) is 26.9 Å². The maximum atomic E-state index is 13.3. The molecule has 3 aromatic heterocycles. The molecule has 5 heterocycles. The van der Waals surface area contributed by atoms with Crippen molar-refractivity contribution < 1.29 is 17.2 Å². The molecular weight excluding hydrogens is 508 g/mol. The Morgan fingerprint density at radius 3 is 2.59 bits per heavy atom. The van der Waals surface area contributed by atoms with Gasteiger partial charge in [0.1, 0.15) is 10.4 Å². The lowest BCUT2D eigenvalue weighted by Gasteiger charge is -2.35. The molecule has 0 amide bonds. The number of nitrogens with zero attached hydrogens (tertiary/aromatic N) is 5. The molecule has 0 spiro atoms. The van der Waals surface area contributed by atoms with Gasteiger partial charge in [-0.3, -0.25) is 4.40 Å². The number of anilines is 1. The molecule has 34 heavy (non-hydrogen) atoms. The molecule has 2 bridgehead atoms. The summed E-state index contributed by atoms with van der Waals surface area (Å²) in [4.78, 5) is 6.58. The molecule has 3 fully saturated rings. The van der Waals surface area contributed by atoms with Crippen molar-refractivity contribution in [3.05, 3.63) is 22.4 Å². The number of hydrogen-bond donors (Lipinski definition) is 2. The molecule has 182 valence electrons. The maximum Gasteiger partial charge on any atom is 0.291 e. The largest absolute Gasteiger partial charge is 0.367 e. The SMILES string of the molecule is CC1(NS(=O)(=O)c2cc(N3CC4CCC(C3)N4)c3c(Cl)nc(-c4nnc(C(F)F)s4)n3c2)CC1. The van der Waals surface area contributed by atoms with E-state index in [1.54, 1.807) is 10.5 Å². The number of imidazole rings is 1. The smallest absolute Gasteiger partial charge is 0.291 e. The van der Waals surface area contributed by atoms with Crippen LogP contribution >= 0.6 is 22.9 Å². The lowest BCUT2D eigenvalue weighted by Crippen LogP contribution is -2.51. The van der Waals surface area contributed by atoms with Crippen LogP contribution in [0.2, 0.25) is 5.15 Å². The molecule has 1 aliphatic carbocycles. The summed E-state index contributed by atoms with van der Waals surface area (Å²) in [6, 6.07) is 2.25. The number of rotatable bonds is 6. The van der Waals surface area contributed by atoms with Crippen LogP contribution in [-0.4, -0.2) is 58.7 Å². The van der Waals surface area contributed by atoms with Crippen LogP contribution in [0, 0.1) is 0 Å². The van der Waals surface area contributed by atoms with Gasteiger partial charge in [-0.2, -0.15) is 0 Å². The molecule has 2 atom stereocenters. The van der Waals surface area contributed by atoms with Crippen molar-refractivity contribution in [3.63, 3.8) is 0 Å². The summed E-state index contributed by atoms with van der Waals surface area (Å²) in [6.07, 6.45) is 2.31. The third kappa shape index (κ3) is 3.87. The van der Waals surface area contributed by atoms with Crippen molar-refractivity contribution >= 4 is 44.2 Å². The average molecular weight is 530 g/mol. The summed E-state index contributed by atoms with van der Waals surface area (Å²) in [5.41, 5.74) is 0.705. The summed E-state index contributed by atoms with van der Waals surface area (Å²) in [5, 5.41) is 10.8. The Morgan fingerprint density at radius 2 is 1.97 bits per heavy atom. The van der Waals surface area contributed by atoms with Gasteiger partial charge in [0.2, 0.25) is 10.0 Å². The Bertz CT molecular complexity index is 1380. The van der Waals surface area contributed by atoms with Gasteiger partial charge in [0.05, 0.1) is 5.69 Å². The first kappa shape index (κ1) is 22.5. The van der Waals surface area contributed by atoms with E-state index in [0.29, 0.717) is 47.7 Å². The molecular formula is C20H22ClF2N7O2S2. The van der Waals surface area contributed by atoms with E-state index in [1.807, 2.05) is 6.92 Å². The highest BCUT2D eigenvalue weighted by Gasteiger charge is 2.42. The molecule has 2 saturated heterocycles. The number of nitrogens with one attached hydrogen (secondary N) is 2. The van der Waals surface area contributed by atoms with Crippen LogP contribution in [0.15, 0.2) is 17.2 Å². The summed E-state index contributed by atoms with van der Waals surface area (Å²) >= 11 is 7.27. The number of aromatic nitrogens is 4. The summed E-state index contributed by atoms with van der Waals surface area (Å²) in [7, 11) is -3.85. The normalized spacial score (nSPS) is 23.9. The van der Waals surface area contributed by atoms with E-state index in [9.17, 15) is 17.2 Å². The highest BCUT2D eigenvalue weighted by Crippen LogP contribution is 2.40. The predicted molar refractivity (Wildman–Crippen MR) is 124 cm³/mol. The highest BCUT2D eigenvalue weighted by molar-refractivity contribution is 7.89. The van der Waals surface area contributed by atoms with Gasteiger partial charge in [-0.1, -0.05) is 22.9 Å². The molecule has 3 aliphatic rings. The molecule has 0 aromatic carbocycles. The zero-order valence-corrected chi connectivity index (χ0v) is 20.5. The number of halogens is 3. The Morgan fingerprint density at radius 1 is 1.26 bits per heavy atom. The lowest BCUT2D eigenvalue weighted by molar-refractivity contribution is 0.150. The number of alkyl halides is 2. The van der Waals surface area contributed by atoms with Crippen LogP contribution < -0.4 is 14.9 Å². The fourth-order valence-corrected chi connectivity index (χ4v) is 7.18. The Balaban J connectivity index is 1.53. The monoisotopic (exact) mass is 529 g/mol. The van der Waals surface area contributed by atoms with E-state index < -0.39 is 27.0 Å². The Kier molecular flexibility index (Phi) is 5.16. The van der Waals surface area contributed by atoms with E-state index >= 15 is 0 Å². The summed E-state index contributed by atoms with van der Waals surface area (Å²) < 4.78 is 57.2. The number of hydrogen-bond acceptors (Lipinski definition) is 8. The first-order chi connectivity index (χ1) is 16.1. The van der Waals surface area contributed by atoms with Gasteiger partial charge in [-0.15, -0.1) is 10.2 Å². The van der Waals surface area contributed by atoms with Crippen molar-refractivity contribution in [2.75, 3.05) is 18.0 Å². The fraction of sp³-hybridized carbons (Fsp3) is 0.550. The van der Waals surface area contributed by atoms with E-state index in [-0.39, 0.29) is 20.9 Å². The van der Waals surface area contributed by atoms with Crippen LogP contribution in [0.5, 0.6) is 0 Å². The Labute approximate surface area is 203 Å². The molecule has 9 nitrogen and oxygen atoms in total. The van der Waals surface area contributed by atoms with E-state index in [2.05, 4.69) is 30.1 Å². The molecule has 2 unspecified atom stereocenters. The summed E-state index contributed by atoms with van der Waals surface area (Å²) in [6.45, 7) is 3.27. The first-order valence-electron chi connectivity index (χ1n) is 11.0. The number of fused-ring (bicyclic) bond motifs is 3. The van der Waals surface area contributed by atoms with Crippen molar-refractivity contribution in [2.45, 2.75) is 61.6 Å². The minimum Gasteiger partial charge on any atom is -0.367 e. The maximum absolute atomic E-state index is 13.3. The Hall–Kier alpha value is -1.93. The minimum absolute atomic E-state index is 0.0583. The van der Waals surface area contributed by atoms with Gasteiger partial charge in [-0.05, 0) is 38.7 Å². The van der Waals surface area contributed by atoms with Gasteiger partial charge in [0, 0.05) is 36.9 Å². The van der Waals surface area contributed by atoms with Crippen molar-refractivity contribution in [3.8, 4) is 10.8 Å². The topological polar surface area (TPSA) is 105 Å². The van der Waals surface area contributed by atoms with Crippen molar-refractivity contribution in [1.82, 2.24) is 29.6 Å². The van der Waals surface area contributed by atoms with Gasteiger partial charge in [0.25, 0.3) is 6.43 Å². The van der Waals surface area contributed by atoms with E-state index in [4.69, 9.17) is 11.6 Å². The molecule has 1 saturated carbocycles. The number of sulfonamides is 1. The second-order valence-electron chi connectivity index (χ2n) is 9.46. The van der Waals surface area contributed by atoms with Gasteiger partial charge >= 0.3 is 0 Å². The number of pyridine rings is 1. The third-order valence-electron chi connectivity index (χ3n) is 6.71. The predicted octanol–water partition coefficient (Wildman–Crippen LogP) is 3.22. The van der Waals surface area contributed by atoms with Crippen LogP contribution in [0.3, 0.4) is 0 Å². The zero-order chi connectivity index (χ0) is 23.8. The molecule has 2 aliphatic heterocycles. The number of piperazine rings is 1. The van der Waals surface area contributed by atoms with Crippen molar-refractivity contribution in [1.29, 1.82) is 0 Å². The van der Waals surface area contributed by atoms with E-state index in [0.717, 1.165) is 25.7 Å².